The molecular weight excluding hydrogens is 162 g/mol. The minimum Gasteiger partial charge on any atom is -0.392 e. The van der Waals surface area contributed by atoms with Crippen molar-refractivity contribution in [3.8, 4) is 0 Å². The molecule has 1 fully saturated rings. The van der Waals surface area contributed by atoms with Crippen molar-refractivity contribution in [1.82, 2.24) is 4.90 Å². The van der Waals surface area contributed by atoms with Crippen LogP contribution in [0.25, 0.3) is 0 Å². The van der Waals surface area contributed by atoms with Gasteiger partial charge in [-0.2, -0.15) is 0 Å². The summed E-state index contributed by atoms with van der Waals surface area (Å²) in [6, 6.07) is 9.14. The number of hydrogen-bond donors (Lipinski definition) is 1. The van der Waals surface area contributed by atoms with Crippen molar-refractivity contribution in [2.24, 2.45) is 0 Å². The number of β-amino-alcohol motifs (C(OH)–C–C–N with tert-alkyl or cyclic N) is 1. The first-order valence-corrected chi connectivity index (χ1v) is 4.34. The van der Waals surface area contributed by atoms with Crippen molar-refractivity contribution in [2.75, 3.05) is 13.0 Å². The van der Waals surface area contributed by atoms with Crippen LogP contribution >= 0.6 is 0 Å². The molecule has 2 nitrogen and oxygen atoms in total. The third kappa shape index (κ3) is 2.29. The monoisotopic (exact) mass is 181 g/mol. The van der Waals surface area contributed by atoms with E-state index in [0.29, 0.717) is 0 Å². The zero-order valence-electron chi connectivity index (χ0n) is 11.3. The van der Waals surface area contributed by atoms with E-state index >= 15 is 0 Å². The van der Waals surface area contributed by atoms with Gasteiger partial charge in [0.25, 0.3) is 0 Å². The van der Waals surface area contributed by atoms with E-state index in [4.69, 9.17) is 5.48 Å². The Labute approximate surface area is 84.4 Å². The number of aliphatic hydroxyl groups is 1. The third-order valence-electron chi connectivity index (χ3n) is 1.96. The summed E-state index contributed by atoms with van der Waals surface area (Å²) in [4.78, 5) is 1.08. The SMILES string of the molecule is [2H]C1([2H])C[C@H](O)C([2H])([2H])N1Cc1ccccc1. The Hall–Kier alpha value is -0.860. The number of nitrogens with zero attached hydrogens (tertiary/aromatic N) is 1. The highest BCUT2D eigenvalue weighted by atomic mass is 16.3. The maximum Gasteiger partial charge on any atom is 0.0679 e. The lowest BCUT2D eigenvalue weighted by atomic mass is 10.2. The highest BCUT2D eigenvalue weighted by molar-refractivity contribution is 5.14. The minimum absolute atomic E-state index is 0.151. The van der Waals surface area contributed by atoms with Crippen molar-refractivity contribution in [3.63, 3.8) is 0 Å². The number of benzene rings is 1. The third-order valence-corrected chi connectivity index (χ3v) is 1.96. The fraction of sp³-hybridized carbons (Fsp3) is 0.455. The number of aliphatic hydroxyl groups excluding tert-OH is 1. The fourth-order valence-corrected chi connectivity index (χ4v) is 1.34. The summed E-state index contributed by atoms with van der Waals surface area (Å²) in [6.07, 6.45) is -1.49. The van der Waals surface area contributed by atoms with Crippen LogP contribution in [0.5, 0.6) is 0 Å². The van der Waals surface area contributed by atoms with Gasteiger partial charge in [0.15, 0.2) is 0 Å². The second-order valence-electron chi connectivity index (χ2n) is 3.08. The minimum atomic E-state index is -2.03. The number of rotatable bonds is 2. The van der Waals surface area contributed by atoms with E-state index < -0.39 is 19.1 Å². The van der Waals surface area contributed by atoms with Gasteiger partial charge in [0.05, 0.1) is 6.10 Å². The number of hydrogen-bond acceptors (Lipinski definition) is 2. The normalized spacial score (nSPS) is 35.9. The zero-order chi connectivity index (χ0) is 12.7. The standard InChI is InChI=1S/C11H15NO/c13-11-6-7-12(9-11)8-10-4-2-1-3-5-10/h1-5,11,13H,6-9H2/t11-/m0/s1/i7D2,9D2. The van der Waals surface area contributed by atoms with Gasteiger partial charge in [-0.05, 0) is 12.0 Å². The lowest BCUT2D eigenvalue weighted by Gasteiger charge is -2.14. The predicted molar refractivity (Wildman–Crippen MR) is 52.3 cm³/mol. The maximum atomic E-state index is 9.58. The van der Waals surface area contributed by atoms with Crippen LogP contribution in [0.4, 0.5) is 0 Å². The molecule has 0 saturated carbocycles. The van der Waals surface area contributed by atoms with Crippen LogP contribution in [0.1, 0.15) is 17.5 Å². The van der Waals surface area contributed by atoms with Gasteiger partial charge in [0.1, 0.15) is 0 Å². The second kappa shape index (κ2) is 3.90. The van der Waals surface area contributed by atoms with Crippen molar-refractivity contribution >= 4 is 0 Å². The van der Waals surface area contributed by atoms with Crippen LogP contribution in [0.15, 0.2) is 30.3 Å². The Kier molecular flexibility index (Phi) is 1.54. The lowest BCUT2D eigenvalue weighted by Crippen LogP contribution is -2.21. The Balaban J connectivity index is 2.24. The van der Waals surface area contributed by atoms with Crippen molar-refractivity contribution < 1.29 is 10.6 Å². The lowest BCUT2D eigenvalue weighted by molar-refractivity contribution is 0.175. The molecule has 1 N–H and O–H groups in total. The molecule has 0 aromatic heterocycles. The molecule has 1 aromatic rings. The Morgan fingerprint density at radius 1 is 1.46 bits per heavy atom. The molecule has 2 heteroatoms. The van der Waals surface area contributed by atoms with Crippen LogP contribution in [0.2, 0.25) is 0 Å². The molecule has 0 unspecified atom stereocenters. The van der Waals surface area contributed by atoms with Gasteiger partial charge in [0, 0.05) is 25.0 Å². The molecule has 1 atom stereocenters. The van der Waals surface area contributed by atoms with Crippen molar-refractivity contribution in [3.05, 3.63) is 35.9 Å². The van der Waals surface area contributed by atoms with Crippen LogP contribution in [-0.4, -0.2) is 29.1 Å². The van der Waals surface area contributed by atoms with Gasteiger partial charge in [-0.3, -0.25) is 4.90 Å². The first-order chi connectivity index (χ1) is 7.84. The maximum absolute atomic E-state index is 9.58. The molecular formula is C11H15NO. The van der Waals surface area contributed by atoms with Gasteiger partial charge in [-0.25, -0.2) is 0 Å². The summed E-state index contributed by atoms with van der Waals surface area (Å²) in [5, 5.41) is 9.58. The van der Waals surface area contributed by atoms with Crippen LogP contribution in [-0.2, 0) is 6.54 Å². The van der Waals surface area contributed by atoms with Gasteiger partial charge < -0.3 is 5.11 Å². The summed E-state index contributed by atoms with van der Waals surface area (Å²) in [6.45, 7) is -3.70. The van der Waals surface area contributed by atoms with E-state index in [1.54, 1.807) is 0 Å². The Bertz CT molecular complexity index is 396. The largest absolute Gasteiger partial charge is 0.392 e. The topological polar surface area (TPSA) is 23.5 Å². The second-order valence-corrected chi connectivity index (χ2v) is 3.08. The quantitative estimate of drug-likeness (QED) is 0.742. The smallest absolute Gasteiger partial charge is 0.0679 e. The Morgan fingerprint density at radius 3 is 2.85 bits per heavy atom. The van der Waals surface area contributed by atoms with Crippen molar-refractivity contribution in [1.29, 1.82) is 0 Å². The number of likely N-dealkylation sites (tertiary alicyclic amines) is 1. The molecule has 1 aromatic carbocycles. The van der Waals surface area contributed by atoms with E-state index in [1.165, 1.54) is 0 Å². The van der Waals surface area contributed by atoms with Crippen LogP contribution in [0.3, 0.4) is 0 Å². The Morgan fingerprint density at radius 2 is 2.23 bits per heavy atom. The van der Waals surface area contributed by atoms with E-state index in [0.717, 1.165) is 10.5 Å². The fourth-order valence-electron chi connectivity index (χ4n) is 1.34. The van der Waals surface area contributed by atoms with Gasteiger partial charge in [-0.1, -0.05) is 30.3 Å². The molecule has 0 aliphatic carbocycles. The van der Waals surface area contributed by atoms with Gasteiger partial charge >= 0.3 is 0 Å². The summed E-state index contributed by atoms with van der Waals surface area (Å²) >= 11 is 0. The average Bonchev–Trinajstić information content (AvgIpc) is 2.39. The molecule has 0 bridgehead atoms. The van der Waals surface area contributed by atoms with E-state index in [1.807, 2.05) is 30.3 Å². The molecule has 1 heterocycles. The molecule has 0 amide bonds. The van der Waals surface area contributed by atoms with Gasteiger partial charge in [-0.15, -0.1) is 0 Å². The highest BCUT2D eigenvalue weighted by Crippen LogP contribution is 2.12. The molecule has 1 saturated heterocycles. The molecule has 2 rings (SSSR count). The van der Waals surface area contributed by atoms with Crippen LogP contribution in [0, 0.1) is 0 Å². The predicted octanol–water partition coefficient (Wildman–Crippen LogP) is 1.25. The van der Waals surface area contributed by atoms with Crippen molar-refractivity contribution in [2.45, 2.75) is 19.1 Å². The van der Waals surface area contributed by atoms with Gasteiger partial charge in [0.2, 0.25) is 0 Å². The van der Waals surface area contributed by atoms with Crippen LogP contribution < -0.4 is 0 Å². The summed E-state index contributed by atoms with van der Waals surface area (Å²) < 4.78 is 31.1. The first kappa shape index (κ1) is 5.13. The van der Waals surface area contributed by atoms with E-state index in [-0.39, 0.29) is 13.0 Å². The molecule has 0 radical (unpaired) electrons. The highest BCUT2D eigenvalue weighted by Gasteiger charge is 2.19. The molecule has 1 aliphatic rings. The summed E-state index contributed by atoms with van der Waals surface area (Å²) in [5.74, 6) is 0. The van der Waals surface area contributed by atoms with E-state index in [2.05, 4.69) is 0 Å². The molecule has 70 valence electrons. The molecule has 1 aliphatic heterocycles. The summed E-state index contributed by atoms with van der Waals surface area (Å²) in [7, 11) is 0. The van der Waals surface area contributed by atoms with E-state index in [9.17, 15) is 5.11 Å². The summed E-state index contributed by atoms with van der Waals surface area (Å²) in [5.41, 5.74) is 0.828. The zero-order valence-corrected chi connectivity index (χ0v) is 7.27. The average molecular weight is 181 g/mol. The molecule has 0 spiro atoms. The molecule has 13 heavy (non-hydrogen) atoms. The first-order valence-electron chi connectivity index (χ1n) is 6.34.